The van der Waals surface area contributed by atoms with Gasteiger partial charge in [0, 0.05) is 47.4 Å². The van der Waals surface area contributed by atoms with E-state index in [-0.39, 0.29) is 39.3 Å². The molecule has 0 radical (unpaired) electrons. The van der Waals surface area contributed by atoms with Crippen LogP contribution in [-0.2, 0) is 17.9 Å². The molecule has 4 heterocycles. The molecular weight excluding hydrogens is 482 g/mol. The molecule has 1 N–H and O–H groups in total. The predicted octanol–water partition coefficient (Wildman–Crippen LogP) is 3.56. The molecule has 36 heavy (non-hydrogen) atoms. The third-order valence-electron chi connectivity index (χ3n) is 5.95. The molecule has 1 amide bonds. The van der Waals surface area contributed by atoms with Crippen LogP contribution < -0.4 is 10.1 Å². The second-order valence-electron chi connectivity index (χ2n) is 8.38. The van der Waals surface area contributed by atoms with Gasteiger partial charge in [0.1, 0.15) is 11.6 Å². The van der Waals surface area contributed by atoms with E-state index in [1.54, 1.807) is 11.8 Å². The van der Waals surface area contributed by atoms with Gasteiger partial charge in [0.05, 0.1) is 24.9 Å². The summed E-state index contributed by atoms with van der Waals surface area (Å²) >= 11 is 0. The predicted molar refractivity (Wildman–Crippen MR) is 122 cm³/mol. The van der Waals surface area contributed by atoms with Gasteiger partial charge in [0.25, 0.3) is 0 Å². The van der Waals surface area contributed by atoms with Crippen molar-refractivity contribution in [3.63, 3.8) is 0 Å². The summed E-state index contributed by atoms with van der Waals surface area (Å²) in [6.45, 7) is 0.731. The Morgan fingerprint density at radius 1 is 1.33 bits per heavy atom. The zero-order valence-corrected chi connectivity index (χ0v) is 19.6. The highest BCUT2D eigenvalue weighted by atomic mass is 19.4. The molecule has 0 spiro atoms. The van der Waals surface area contributed by atoms with Crippen LogP contribution in [-0.4, -0.2) is 61.8 Å². The molecule has 9 nitrogen and oxygen atoms in total. The Morgan fingerprint density at radius 2 is 2.11 bits per heavy atom. The Balaban J connectivity index is 1.46. The van der Waals surface area contributed by atoms with E-state index in [2.05, 4.69) is 25.4 Å². The maximum Gasteiger partial charge on any atom is 0.451 e. The molecule has 0 aromatic carbocycles. The fourth-order valence-corrected chi connectivity index (χ4v) is 4.06. The third kappa shape index (κ3) is 5.09. The van der Waals surface area contributed by atoms with Gasteiger partial charge in [-0.3, -0.25) is 4.79 Å². The molecular formula is C23H25F4N7O2. The normalized spacial score (nSPS) is 18.4. The number of pyridine rings is 2. The summed E-state index contributed by atoms with van der Waals surface area (Å²) in [6, 6.07) is 4.17. The molecule has 0 bridgehead atoms. The number of hydrogen-bond donors (Lipinski definition) is 1. The minimum absolute atomic E-state index is 0.118. The molecule has 1 fully saturated rings. The first-order valence-electron chi connectivity index (χ1n) is 12.5. The number of carbonyl (C=O) groups is 1. The van der Waals surface area contributed by atoms with Crippen molar-refractivity contribution in [2.75, 3.05) is 25.5 Å². The van der Waals surface area contributed by atoms with Crippen LogP contribution in [0.2, 0.25) is 0 Å². The number of anilines is 1. The van der Waals surface area contributed by atoms with Crippen molar-refractivity contribution in [1.82, 2.24) is 29.6 Å². The van der Waals surface area contributed by atoms with Gasteiger partial charge in [-0.15, -0.1) is 0 Å². The van der Waals surface area contributed by atoms with E-state index >= 15 is 0 Å². The molecule has 2 atom stereocenters. The first-order valence-corrected chi connectivity index (χ1v) is 11.0. The molecule has 13 heteroatoms. The van der Waals surface area contributed by atoms with E-state index < -0.39 is 36.5 Å². The zero-order chi connectivity index (χ0) is 28.7. The maximum atomic E-state index is 14.3. The van der Waals surface area contributed by atoms with E-state index in [9.17, 15) is 22.4 Å². The fraction of sp³-hybridized carbons (Fsp3) is 0.435. The minimum atomic E-state index is -5.01. The van der Waals surface area contributed by atoms with Crippen LogP contribution in [0.1, 0.15) is 40.5 Å². The highest BCUT2D eigenvalue weighted by molar-refractivity contribution is 5.83. The number of rotatable bonds is 6. The zero-order valence-electron chi connectivity index (χ0n) is 22.6. The maximum absolute atomic E-state index is 14.3. The van der Waals surface area contributed by atoms with Gasteiger partial charge in [0.2, 0.25) is 17.6 Å². The first kappa shape index (κ1) is 21.5. The number of halogens is 4. The minimum Gasteiger partial charge on any atom is -0.481 e. The van der Waals surface area contributed by atoms with E-state index in [1.807, 2.05) is 0 Å². The number of alkyl halides is 3. The molecule has 3 aromatic heterocycles. The van der Waals surface area contributed by atoms with Crippen molar-refractivity contribution in [3.05, 3.63) is 47.3 Å². The van der Waals surface area contributed by atoms with Crippen LogP contribution in [0.4, 0.5) is 23.4 Å². The number of hydrogen-bond acceptors (Lipinski definition) is 7. The number of ether oxygens (including phenoxy) is 1. The van der Waals surface area contributed by atoms with E-state index in [4.69, 9.17) is 8.85 Å². The number of nitrogens with zero attached hydrogens (tertiary/aromatic N) is 6. The van der Waals surface area contributed by atoms with E-state index in [1.165, 1.54) is 32.2 Å². The first-order chi connectivity index (χ1) is 18.2. The molecule has 0 unspecified atom stereocenters. The molecule has 1 aliphatic rings. The standard InChI is InChI=1S/C23H25F4N7O2/c1-12(16-9-19(36-4)28-10-17(16)24)21(35)34-8-7-14(11-34)30-18-6-5-15(13(2)29-18)20-31-22(23(25,26)27)33(3)32-20/h5-6,9-10,12,14H,7-8,11H2,1-4H3,(H,29,30)/t12-,14+/m1/s1/i3D3. The van der Waals surface area contributed by atoms with E-state index in [0.29, 0.717) is 25.3 Å². The second-order valence-corrected chi connectivity index (χ2v) is 8.38. The number of nitrogens with one attached hydrogen (secondary N) is 1. The lowest BCUT2D eigenvalue weighted by atomic mass is 10.0. The summed E-state index contributed by atoms with van der Waals surface area (Å²) in [6.07, 6.45) is -3.42. The van der Waals surface area contributed by atoms with Gasteiger partial charge < -0.3 is 15.0 Å². The molecule has 1 aliphatic heterocycles. The molecule has 4 rings (SSSR count). The number of aryl methyl sites for hydroxylation is 2. The third-order valence-corrected chi connectivity index (χ3v) is 5.95. The SMILES string of the molecule is [2H]C([2H])([2H])n1nc(-c2ccc(N[C@H]3CCN(C(=O)[C@H](C)c4cc(OC)ncc4F)C3)nc2C)nc1C(F)(F)F. The molecule has 0 saturated carbocycles. The van der Waals surface area contributed by atoms with Crippen LogP contribution in [0.5, 0.6) is 5.88 Å². The largest absolute Gasteiger partial charge is 0.481 e. The molecule has 1 saturated heterocycles. The average Bonchev–Trinajstić information content (AvgIpc) is 3.51. The Hall–Kier alpha value is -3.77. The Kier molecular flexibility index (Phi) is 5.80. The Morgan fingerprint density at radius 3 is 2.75 bits per heavy atom. The summed E-state index contributed by atoms with van der Waals surface area (Å²) in [4.78, 5) is 26.2. The highest BCUT2D eigenvalue weighted by Gasteiger charge is 2.37. The lowest BCUT2D eigenvalue weighted by Gasteiger charge is -2.22. The van der Waals surface area contributed by atoms with Crippen LogP contribution >= 0.6 is 0 Å². The van der Waals surface area contributed by atoms with Crippen molar-refractivity contribution in [2.45, 2.75) is 38.4 Å². The van der Waals surface area contributed by atoms with Crippen molar-refractivity contribution in [1.29, 1.82) is 0 Å². The molecule has 192 valence electrons. The van der Waals surface area contributed by atoms with Crippen molar-refractivity contribution >= 4 is 11.7 Å². The average molecular weight is 511 g/mol. The summed E-state index contributed by atoms with van der Waals surface area (Å²) in [5.74, 6) is -3.07. The monoisotopic (exact) mass is 510 g/mol. The number of amides is 1. The molecule has 3 aromatic rings. The lowest BCUT2D eigenvalue weighted by molar-refractivity contribution is -0.147. The van der Waals surface area contributed by atoms with Crippen molar-refractivity contribution in [2.24, 2.45) is 6.98 Å². The number of carbonyl (C=O) groups excluding carboxylic acids is 1. The van der Waals surface area contributed by atoms with Gasteiger partial charge in [-0.05, 0) is 32.4 Å². The van der Waals surface area contributed by atoms with Crippen LogP contribution in [0.3, 0.4) is 0 Å². The smallest absolute Gasteiger partial charge is 0.451 e. The topological polar surface area (TPSA) is 98.1 Å². The van der Waals surface area contributed by atoms with E-state index in [0.717, 1.165) is 6.20 Å². The number of aromatic nitrogens is 5. The number of likely N-dealkylation sites (tertiary alicyclic amines) is 1. The quantitative estimate of drug-likeness (QED) is 0.507. The van der Waals surface area contributed by atoms with Gasteiger partial charge in [-0.1, -0.05) is 0 Å². The Bertz CT molecular complexity index is 1350. The van der Waals surface area contributed by atoms with Crippen LogP contribution in [0.25, 0.3) is 11.4 Å². The van der Waals surface area contributed by atoms with Crippen LogP contribution in [0.15, 0.2) is 24.4 Å². The van der Waals surface area contributed by atoms with Gasteiger partial charge in [-0.25, -0.2) is 24.0 Å². The van der Waals surface area contributed by atoms with Gasteiger partial charge in [-0.2, -0.15) is 18.3 Å². The summed E-state index contributed by atoms with van der Waals surface area (Å²) in [5, 5.41) is 6.77. The lowest BCUT2D eigenvalue weighted by Crippen LogP contribution is -2.34. The highest BCUT2D eigenvalue weighted by Crippen LogP contribution is 2.30. The Labute approximate surface area is 208 Å². The van der Waals surface area contributed by atoms with Crippen LogP contribution in [0, 0.1) is 12.7 Å². The van der Waals surface area contributed by atoms with Crippen molar-refractivity contribution < 1.29 is 31.2 Å². The van der Waals surface area contributed by atoms with Gasteiger partial charge in [0.15, 0.2) is 5.82 Å². The fourth-order valence-electron chi connectivity index (χ4n) is 4.06. The second kappa shape index (κ2) is 9.70. The molecule has 0 aliphatic carbocycles. The number of methoxy groups -OCH3 is 1. The summed E-state index contributed by atoms with van der Waals surface area (Å²) in [5.41, 5.74) is 0.596. The van der Waals surface area contributed by atoms with Crippen molar-refractivity contribution in [3.8, 4) is 17.3 Å². The van der Waals surface area contributed by atoms with Gasteiger partial charge >= 0.3 is 6.18 Å². The summed E-state index contributed by atoms with van der Waals surface area (Å²) in [7, 11) is 1.40. The summed E-state index contributed by atoms with van der Waals surface area (Å²) < 4.78 is 81.3.